The van der Waals surface area contributed by atoms with Crippen LogP contribution in [0.4, 0.5) is 0 Å². The van der Waals surface area contributed by atoms with E-state index in [-0.39, 0.29) is 17.1 Å². The number of para-hydroxylation sites is 1. The smallest absolute Gasteiger partial charge is 0.291 e. The van der Waals surface area contributed by atoms with Crippen molar-refractivity contribution >= 4 is 16.9 Å². The van der Waals surface area contributed by atoms with Crippen LogP contribution in [0.2, 0.25) is 0 Å². The maximum atomic E-state index is 13.3. The van der Waals surface area contributed by atoms with Gasteiger partial charge in [-0.3, -0.25) is 9.59 Å². The van der Waals surface area contributed by atoms with E-state index >= 15 is 0 Å². The van der Waals surface area contributed by atoms with Gasteiger partial charge in [0.25, 0.3) is 5.91 Å². The lowest BCUT2D eigenvalue weighted by atomic mass is 9.98. The zero-order valence-electron chi connectivity index (χ0n) is 16.2. The average Bonchev–Trinajstić information content (AvgIpc) is 2.99. The van der Waals surface area contributed by atoms with Crippen molar-refractivity contribution in [3.05, 3.63) is 75.6 Å². The molecule has 4 rings (SSSR count). The Morgan fingerprint density at radius 3 is 2.64 bits per heavy atom. The van der Waals surface area contributed by atoms with Crippen LogP contribution >= 0.6 is 0 Å². The molecule has 1 aliphatic heterocycles. The number of nitrogens with one attached hydrogen (secondary N) is 1. The number of amides is 1. The van der Waals surface area contributed by atoms with Gasteiger partial charge in [0.1, 0.15) is 11.3 Å². The number of hydrogen-bond acceptors (Lipinski definition) is 4. The quantitative estimate of drug-likeness (QED) is 0.730. The Bertz CT molecular complexity index is 1100. The summed E-state index contributed by atoms with van der Waals surface area (Å²) in [6.45, 7) is 1.27. The standard InChI is InChI=1S/C22H22N2O4/c1-23(2)11-12-24-19(14-7-6-8-15(13-14)27-3)18-20(25)16-9-4-5-10-17(16)28-21(18)22(24)26/h4-10,13,19H,11-12H2,1-3H3/p+1/t19-/m0/s1. The molecule has 0 saturated carbocycles. The van der Waals surface area contributed by atoms with Gasteiger partial charge < -0.3 is 19.0 Å². The molecule has 2 aromatic carbocycles. The van der Waals surface area contributed by atoms with Crippen molar-refractivity contribution < 1.29 is 18.8 Å². The highest BCUT2D eigenvalue weighted by Crippen LogP contribution is 2.38. The Balaban J connectivity index is 1.93. The van der Waals surface area contributed by atoms with Gasteiger partial charge in [-0.15, -0.1) is 0 Å². The molecule has 0 aliphatic carbocycles. The molecule has 28 heavy (non-hydrogen) atoms. The predicted octanol–water partition coefficient (Wildman–Crippen LogP) is 1.49. The molecule has 1 aromatic heterocycles. The van der Waals surface area contributed by atoms with Crippen LogP contribution in [0.25, 0.3) is 11.0 Å². The van der Waals surface area contributed by atoms with Crippen LogP contribution in [0.3, 0.4) is 0 Å². The summed E-state index contributed by atoms with van der Waals surface area (Å²) >= 11 is 0. The molecule has 0 bridgehead atoms. The fraction of sp³-hybridized carbons (Fsp3) is 0.273. The molecule has 1 atom stereocenters. The summed E-state index contributed by atoms with van der Waals surface area (Å²) in [7, 11) is 5.67. The van der Waals surface area contributed by atoms with Crippen molar-refractivity contribution in [2.75, 3.05) is 34.3 Å². The Kier molecular flexibility index (Phi) is 4.65. The van der Waals surface area contributed by atoms with Crippen molar-refractivity contribution in [1.29, 1.82) is 0 Å². The summed E-state index contributed by atoms with van der Waals surface area (Å²) in [4.78, 5) is 29.5. The second-order valence-corrected chi connectivity index (χ2v) is 7.30. The van der Waals surface area contributed by atoms with Crippen molar-refractivity contribution in [2.45, 2.75) is 6.04 Å². The minimum Gasteiger partial charge on any atom is -0.497 e. The third-order valence-corrected chi connectivity index (χ3v) is 5.14. The number of quaternary nitrogens is 1. The zero-order chi connectivity index (χ0) is 19.8. The Hall–Kier alpha value is -3.12. The predicted molar refractivity (Wildman–Crippen MR) is 106 cm³/mol. The first-order chi connectivity index (χ1) is 13.5. The van der Waals surface area contributed by atoms with Crippen LogP contribution in [0.1, 0.15) is 27.7 Å². The topological polar surface area (TPSA) is 64.2 Å². The van der Waals surface area contributed by atoms with E-state index in [9.17, 15) is 9.59 Å². The number of carbonyl (C=O) groups excluding carboxylic acids is 1. The molecule has 3 aromatic rings. The number of likely N-dealkylation sites (N-methyl/N-ethyl adjacent to an activating group) is 1. The van der Waals surface area contributed by atoms with Gasteiger partial charge in [-0.05, 0) is 29.8 Å². The number of rotatable bonds is 5. The molecular weight excluding hydrogens is 356 g/mol. The SMILES string of the molecule is COc1cccc([C@H]2c3c(oc4ccccc4c3=O)C(=O)N2CC[NH+](C)C)c1. The maximum Gasteiger partial charge on any atom is 0.291 e. The number of hydrogen-bond donors (Lipinski definition) is 1. The number of nitrogens with zero attached hydrogens (tertiary/aromatic N) is 1. The maximum absolute atomic E-state index is 13.3. The fourth-order valence-corrected chi connectivity index (χ4v) is 3.70. The Morgan fingerprint density at radius 2 is 1.89 bits per heavy atom. The molecule has 6 heteroatoms. The molecule has 0 saturated heterocycles. The number of carbonyl (C=O) groups is 1. The van der Waals surface area contributed by atoms with Gasteiger partial charge in [-0.1, -0.05) is 24.3 Å². The van der Waals surface area contributed by atoms with Crippen LogP contribution in [0.5, 0.6) is 5.75 Å². The highest BCUT2D eigenvalue weighted by atomic mass is 16.5. The van der Waals surface area contributed by atoms with E-state index < -0.39 is 6.04 Å². The van der Waals surface area contributed by atoms with E-state index in [2.05, 4.69) is 0 Å². The van der Waals surface area contributed by atoms with Crippen molar-refractivity contribution in [1.82, 2.24) is 4.90 Å². The van der Waals surface area contributed by atoms with Gasteiger partial charge in [-0.2, -0.15) is 0 Å². The lowest BCUT2D eigenvalue weighted by Crippen LogP contribution is -3.06. The summed E-state index contributed by atoms with van der Waals surface area (Å²) in [6, 6.07) is 14.1. The van der Waals surface area contributed by atoms with E-state index in [0.717, 1.165) is 12.1 Å². The first kappa shape index (κ1) is 18.3. The number of methoxy groups -OCH3 is 1. The van der Waals surface area contributed by atoms with E-state index in [0.29, 0.717) is 28.8 Å². The first-order valence-electron chi connectivity index (χ1n) is 9.31. The normalized spacial score (nSPS) is 16.1. The molecule has 0 unspecified atom stereocenters. The molecule has 1 aliphatic rings. The molecule has 144 valence electrons. The minimum atomic E-state index is -0.488. The molecule has 6 nitrogen and oxygen atoms in total. The fourth-order valence-electron chi connectivity index (χ4n) is 3.70. The van der Waals surface area contributed by atoms with Crippen molar-refractivity contribution in [3.8, 4) is 5.75 Å². The summed E-state index contributed by atoms with van der Waals surface area (Å²) < 4.78 is 11.3. The van der Waals surface area contributed by atoms with E-state index in [1.54, 1.807) is 36.3 Å². The molecule has 1 N–H and O–H groups in total. The molecule has 2 heterocycles. The molecule has 0 fully saturated rings. The van der Waals surface area contributed by atoms with E-state index in [1.807, 2.05) is 38.4 Å². The zero-order valence-corrected chi connectivity index (χ0v) is 16.2. The number of fused-ring (bicyclic) bond motifs is 2. The van der Waals surface area contributed by atoms with Crippen LogP contribution < -0.4 is 15.1 Å². The highest BCUT2D eigenvalue weighted by molar-refractivity contribution is 5.99. The minimum absolute atomic E-state index is 0.144. The van der Waals surface area contributed by atoms with Gasteiger partial charge in [0, 0.05) is 0 Å². The van der Waals surface area contributed by atoms with Crippen LogP contribution in [-0.4, -0.2) is 45.1 Å². The van der Waals surface area contributed by atoms with Gasteiger partial charge in [0.2, 0.25) is 5.76 Å². The number of ether oxygens (including phenoxy) is 1. The van der Waals surface area contributed by atoms with Gasteiger partial charge in [0.15, 0.2) is 5.43 Å². The summed E-state index contributed by atoms with van der Waals surface area (Å²) in [5, 5.41) is 0.488. The third-order valence-electron chi connectivity index (χ3n) is 5.14. The summed E-state index contributed by atoms with van der Waals surface area (Å²) in [6.07, 6.45) is 0. The second kappa shape index (κ2) is 7.13. The van der Waals surface area contributed by atoms with Crippen LogP contribution in [-0.2, 0) is 0 Å². The van der Waals surface area contributed by atoms with E-state index in [1.165, 1.54) is 4.90 Å². The lowest BCUT2D eigenvalue weighted by molar-refractivity contribution is -0.857. The van der Waals surface area contributed by atoms with Crippen molar-refractivity contribution in [3.63, 3.8) is 0 Å². The number of benzene rings is 2. The molecular formula is C22H23N2O4+. The lowest BCUT2D eigenvalue weighted by Gasteiger charge is -2.25. The average molecular weight is 379 g/mol. The largest absolute Gasteiger partial charge is 0.497 e. The molecule has 0 radical (unpaired) electrons. The van der Waals surface area contributed by atoms with Gasteiger partial charge in [0.05, 0.1) is 51.3 Å². The van der Waals surface area contributed by atoms with Crippen LogP contribution in [0, 0.1) is 0 Å². The molecule has 0 spiro atoms. The Morgan fingerprint density at radius 1 is 1.11 bits per heavy atom. The van der Waals surface area contributed by atoms with Gasteiger partial charge in [-0.25, -0.2) is 0 Å². The molecule has 1 amide bonds. The highest BCUT2D eigenvalue weighted by Gasteiger charge is 2.42. The first-order valence-corrected chi connectivity index (χ1v) is 9.31. The van der Waals surface area contributed by atoms with E-state index in [4.69, 9.17) is 9.15 Å². The van der Waals surface area contributed by atoms with Gasteiger partial charge >= 0.3 is 0 Å². The third kappa shape index (κ3) is 2.96. The van der Waals surface area contributed by atoms with Crippen molar-refractivity contribution in [2.24, 2.45) is 0 Å². The second-order valence-electron chi connectivity index (χ2n) is 7.30. The van der Waals surface area contributed by atoms with Crippen LogP contribution in [0.15, 0.2) is 57.7 Å². The Labute approximate surface area is 162 Å². The summed E-state index contributed by atoms with van der Waals surface area (Å²) in [5.74, 6) is 0.582. The monoisotopic (exact) mass is 379 g/mol. The summed E-state index contributed by atoms with van der Waals surface area (Å²) in [5.41, 5.74) is 1.52.